The lowest BCUT2D eigenvalue weighted by atomic mass is 10.1. The zero-order chi connectivity index (χ0) is 18.2. The molecule has 1 amide bonds. The van der Waals surface area contributed by atoms with E-state index in [0.29, 0.717) is 17.2 Å². The van der Waals surface area contributed by atoms with Gasteiger partial charge in [-0.3, -0.25) is 4.79 Å². The monoisotopic (exact) mass is 344 g/mol. The Labute approximate surface area is 148 Å². The van der Waals surface area contributed by atoms with Gasteiger partial charge in [0.05, 0.1) is 27.9 Å². The molecule has 2 rings (SSSR count). The standard InChI is InChI=1S/C19H24N2O4/c1-13(17-7-5-6-8-18(17)25-4)20-12-19(22)21-14-9-15(23-2)11-16(10-14)24-3/h5-11,13,20H,12H2,1-4H3,(H,21,22)/t13-/m0/s1. The molecular weight excluding hydrogens is 320 g/mol. The van der Waals surface area contributed by atoms with Crippen LogP contribution in [0.4, 0.5) is 5.69 Å². The third kappa shape index (κ3) is 5.12. The summed E-state index contributed by atoms with van der Waals surface area (Å²) >= 11 is 0. The zero-order valence-electron chi connectivity index (χ0n) is 15.0. The van der Waals surface area contributed by atoms with Crippen LogP contribution in [0.2, 0.25) is 0 Å². The molecule has 6 heteroatoms. The summed E-state index contributed by atoms with van der Waals surface area (Å²) in [6.07, 6.45) is 0. The second-order valence-electron chi connectivity index (χ2n) is 5.49. The molecule has 0 heterocycles. The highest BCUT2D eigenvalue weighted by Crippen LogP contribution is 2.26. The van der Waals surface area contributed by atoms with Crippen LogP contribution in [-0.2, 0) is 4.79 Å². The number of methoxy groups -OCH3 is 3. The highest BCUT2D eigenvalue weighted by Gasteiger charge is 2.12. The van der Waals surface area contributed by atoms with Crippen LogP contribution in [0.5, 0.6) is 17.2 Å². The first kappa shape index (κ1) is 18.6. The average molecular weight is 344 g/mol. The lowest BCUT2D eigenvalue weighted by Crippen LogP contribution is -2.30. The molecular formula is C19H24N2O4. The van der Waals surface area contributed by atoms with Crippen molar-refractivity contribution in [2.45, 2.75) is 13.0 Å². The van der Waals surface area contributed by atoms with E-state index in [1.54, 1.807) is 39.5 Å². The number of anilines is 1. The van der Waals surface area contributed by atoms with Gasteiger partial charge < -0.3 is 24.8 Å². The topological polar surface area (TPSA) is 68.8 Å². The van der Waals surface area contributed by atoms with Crippen molar-refractivity contribution in [3.63, 3.8) is 0 Å². The highest BCUT2D eigenvalue weighted by atomic mass is 16.5. The van der Waals surface area contributed by atoms with Gasteiger partial charge in [-0.2, -0.15) is 0 Å². The van der Waals surface area contributed by atoms with Gasteiger partial charge in [0.2, 0.25) is 5.91 Å². The summed E-state index contributed by atoms with van der Waals surface area (Å²) < 4.78 is 15.8. The van der Waals surface area contributed by atoms with Crippen molar-refractivity contribution in [3.05, 3.63) is 48.0 Å². The van der Waals surface area contributed by atoms with E-state index in [1.807, 2.05) is 31.2 Å². The van der Waals surface area contributed by atoms with E-state index < -0.39 is 0 Å². The lowest BCUT2D eigenvalue weighted by Gasteiger charge is -2.17. The number of nitrogens with one attached hydrogen (secondary N) is 2. The van der Waals surface area contributed by atoms with Crippen LogP contribution in [0.15, 0.2) is 42.5 Å². The quantitative estimate of drug-likeness (QED) is 0.770. The second-order valence-corrected chi connectivity index (χ2v) is 5.49. The molecule has 0 bridgehead atoms. The first-order valence-corrected chi connectivity index (χ1v) is 7.96. The smallest absolute Gasteiger partial charge is 0.238 e. The van der Waals surface area contributed by atoms with Crippen molar-refractivity contribution < 1.29 is 19.0 Å². The number of carbonyl (C=O) groups is 1. The molecule has 1 atom stereocenters. The summed E-state index contributed by atoms with van der Waals surface area (Å²) in [7, 11) is 4.77. The van der Waals surface area contributed by atoms with E-state index in [-0.39, 0.29) is 18.5 Å². The van der Waals surface area contributed by atoms with Crippen molar-refractivity contribution in [2.24, 2.45) is 0 Å². The van der Waals surface area contributed by atoms with Gasteiger partial charge in [-0.25, -0.2) is 0 Å². The molecule has 2 aromatic carbocycles. The summed E-state index contributed by atoms with van der Waals surface area (Å²) in [5.74, 6) is 1.87. The largest absolute Gasteiger partial charge is 0.497 e. The first-order valence-electron chi connectivity index (χ1n) is 7.96. The molecule has 2 N–H and O–H groups in total. The Balaban J connectivity index is 1.96. The van der Waals surface area contributed by atoms with Gasteiger partial charge in [0, 0.05) is 35.5 Å². The Morgan fingerprint density at radius 3 is 2.24 bits per heavy atom. The fourth-order valence-electron chi connectivity index (χ4n) is 2.46. The lowest BCUT2D eigenvalue weighted by molar-refractivity contribution is -0.115. The van der Waals surface area contributed by atoms with E-state index in [2.05, 4.69) is 10.6 Å². The van der Waals surface area contributed by atoms with E-state index in [1.165, 1.54) is 0 Å². The van der Waals surface area contributed by atoms with Gasteiger partial charge >= 0.3 is 0 Å². The minimum Gasteiger partial charge on any atom is -0.497 e. The van der Waals surface area contributed by atoms with Crippen LogP contribution in [0, 0.1) is 0 Å². The van der Waals surface area contributed by atoms with Crippen LogP contribution in [0.3, 0.4) is 0 Å². The minimum atomic E-state index is -0.156. The van der Waals surface area contributed by atoms with Gasteiger partial charge in [0.25, 0.3) is 0 Å². The van der Waals surface area contributed by atoms with E-state index in [9.17, 15) is 4.79 Å². The molecule has 0 saturated carbocycles. The summed E-state index contributed by atoms with van der Waals surface area (Å²) in [6, 6.07) is 12.9. The van der Waals surface area contributed by atoms with Crippen molar-refractivity contribution >= 4 is 11.6 Å². The van der Waals surface area contributed by atoms with Crippen molar-refractivity contribution in [3.8, 4) is 17.2 Å². The molecule has 0 aliphatic rings. The zero-order valence-corrected chi connectivity index (χ0v) is 15.0. The molecule has 25 heavy (non-hydrogen) atoms. The second kappa shape index (κ2) is 8.94. The predicted molar refractivity (Wildman–Crippen MR) is 97.6 cm³/mol. The molecule has 0 aliphatic carbocycles. The number of amides is 1. The molecule has 0 aliphatic heterocycles. The number of rotatable bonds is 8. The SMILES string of the molecule is COc1cc(NC(=O)CN[C@@H](C)c2ccccc2OC)cc(OC)c1. The van der Waals surface area contributed by atoms with E-state index >= 15 is 0 Å². The Morgan fingerprint density at radius 2 is 1.64 bits per heavy atom. The number of hydrogen-bond acceptors (Lipinski definition) is 5. The molecule has 0 aromatic heterocycles. The van der Waals surface area contributed by atoms with Gasteiger partial charge in [0.1, 0.15) is 17.2 Å². The third-order valence-electron chi connectivity index (χ3n) is 3.81. The number of carbonyl (C=O) groups excluding carboxylic acids is 1. The van der Waals surface area contributed by atoms with Crippen LogP contribution < -0.4 is 24.8 Å². The Morgan fingerprint density at radius 1 is 1.00 bits per heavy atom. The Kier molecular flexibility index (Phi) is 6.65. The van der Waals surface area contributed by atoms with E-state index in [0.717, 1.165) is 11.3 Å². The normalized spacial score (nSPS) is 11.5. The molecule has 0 spiro atoms. The third-order valence-corrected chi connectivity index (χ3v) is 3.81. The molecule has 2 aromatic rings. The van der Waals surface area contributed by atoms with Gasteiger partial charge in [0.15, 0.2) is 0 Å². The molecule has 6 nitrogen and oxygen atoms in total. The number of hydrogen-bond donors (Lipinski definition) is 2. The summed E-state index contributed by atoms with van der Waals surface area (Å²) in [4.78, 5) is 12.2. The predicted octanol–water partition coefficient (Wildman–Crippen LogP) is 3.00. The molecule has 0 unspecified atom stereocenters. The fraction of sp³-hybridized carbons (Fsp3) is 0.316. The highest BCUT2D eigenvalue weighted by molar-refractivity contribution is 5.92. The van der Waals surface area contributed by atoms with Crippen LogP contribution in [0.1, 0.15) is 18.5 Å². The minimum absolute atomic E-state index is 0.0262. The number of para-hydroxylation sites is 1. The van der Waals surface area contributed by atoms with Gasteiger partial charge in [-0.1, -0.05) is 18.2 Å². The fourth-order valence-corrected chi connectivity index (χ4v) is 2.46. The summed E-state index contributed by atoms with van der Waals surface area (Å²) in [5, 5.41) is 6.03. The summed E-state index contributed by atoms with van der Waals surface area (Å²) in [5.41, 5.74) is 1.62. The average Bonchev–Trinajstić information content (AvgIpc) is 2.65. The number of benzene rings is 2. The molecule has 0 saturated heterocycles. The van der Waals surface area contributed by atoms with E-state index in [4.69, 9.17) is 14.2 Å². The maximum atomic E-state index is 12.2. The van der Waals surface area contributed by atoms with Crippen molar-refractivity contribution in [1.82, 2.24) is 5.32 Å². The maximum Gasteiger partial charge on any atom is 0.238 e. The van der Waals surface area contributed by atoms with Crippen molar-refractivity contribution in [1.29, 1.82) is 0 Å². The van der Waals surface area contributed by atoms with Gasteiger partial charge in [-0.15, -0.1) is 0 Å². The Hall–Kier alpha value is -2.73. The van der Waals surface area contributed by atoms with Crippen LogP contribution >= 0.6 is 0 Å². The Bertz CT molecular complexity index is 696. The van der Waals surface area contributed by atoms with Crippen molar-refractivity contribution in [2.75, 3.05) is 33.2 Å². The maximum absolute atomic E-state index is 12.2. The molecule has 0 fully saturated rings. The molecule has 134 valence electrons. The molecule has 0 radical (unpaired) electrons. The summed E-state index contributed by atoms with van der Waals surface area (Å²) in [6.45, 7) is 2.15. The van der Waals surface area contributed by atoms with Gasteiger partial charge in [-0.05, 0) is 13.0 Å². The van der Waals surface area contributed by atoms with Crippen LogP contribution in [-0.4, -0.2) is 33.8 Å². The first-order chi connectivity index (χ1) is 12.1. The van der Waals surface area contributed by atoms with Crippen LogP contribution in [0.25, 0.3) is 0 Å². The number of ether oxygens (including phenoxy) is 3.